The lowest BCUT2D eigenvalue weighted by Crippen LogP contribution is -2.09. The highest BCUT2D eigenvalue weighted by atomic mass is 32.1. The zero-order chi connectivity index (χ0) is 15.6. The molecule has 1 aromatic carbocycles. The van der Waals surface area contributed by atoms with E-state index in [0.29, 0.717) is 6.61 Å². The number of hydrogen-bond acceptors (Lipinski definition) is 5. The number of anilines is 1. The van der Waals surface area contributed by atoms with Gasteiger partial charge in [0.15, 0.2) is 5.82 Å². The summed E-state index contributed by atoms with van der Waals surface area (Å²) in [7, 11) is 0. The summed E-state index contributed by atoms with van der Waals surface area (Å²) in [5, 5.41) is 1.15. The molecule has 2 heterocycles. The first-order valence-electron chi connectivity index (χ1n) is 7.98. The van der Waals surface area contributed by atoms with Crippen molar-refractivity contribution in [3.8, 4) is 0 Å². The molecule has 0 aliphatic heterocycles. The third kappa shape index (κ3) is 2.94. The number of nitrogens with one attached hydrogen (secondary N) is 1. The van der Waals surface area contributed by atoms with Gasteiger partial charge in [-0.3, -0.25) is 4.84 Å². The Balaban J connectivity index is 1.57. The molecule has 0 amide bonds. The summed E-state index contributed by atoms with van der Waals surface area (Å²) in [6, 6.07) is 10.1. The normalized spacial score (nSPS) is 17.2. The number of aromatic nitrogens is 2. The Hall–Kier alpha value is -1.98. The molecule has 0 saturated carbocycles. The predicted molar refractivity (Wildman–Crippen MR) is 93.5 cm³/mol. The van der Waals surface area contributed by atoms with Gasteiger partial charge in [-0.1, -0.05) is 37.3 Å². The van der Waals surface area contributed by atoms with Crippen molar-refractivity contribution in [3.05, 3.63) is 52.7 Å². The van der Waals surface area contributed by atoms with Gasteiger partial charge in [-0.15, -0.1) is 11.3 Å². The summed E-state index contributed by atoms with van der Waals surface area (Å²) < 4.78 is 0. The summed E-state index contributed by atoms with van der Waals surface area (Å²) in [4.78, 5) is 17.0. The zero-order valence-electron chi connectivity index (χ0n) is 13.1. The molecule has 1 atom stereocenters. The third-order valence-electron chi connectivity index (χ3n) is 4.34. The number of rotatable bonds is 4. The van der Waals surface area contributed by atoms with Crippen LogP contribution in [0.5, 0.6) is 0 Å². The topological polar surface area (TPSA) is 47.0 Å². The van der Waals surface area contributed by atoms with Crippen LogP contribution < -0.4 is 5.48 Å². The largest absolute Gasteiger partial charge is 0.270 e. The fraction of sp³-hybridized carbons (Fsp3) is 0.333. The second kappa shape index (κ2) is 6.26. The molecule has 4 rings (SSSR count). The van der Waals surface area contributed by atoms with Crippen LogP contribution in [0, 0.1) is 5.92 Å². The molecule has 3 aromatic rings. The van der Waals surface area contributed by atoms with E-state index in [9.17, 15) is 0 Å². The number of thiophene rings is 1. The van der Waals surface area contributed by atoms with Crippen LogP contribution in [0.3, 0.4) is 0 Å². The van der Waals surface area contributed by atoms with E-state index in [0.717, 1.165) is 40.4 Å². The van der Waals surface area contributed by atoms with Crippen LogP contribution in [-0.2, 0) is 24.3 Å². The van der Waals surface area contributed by atoms with Crippen molar-refractivity contribution in [2.24, 2.45) is 5.92 Å². The smallest absolute Gasteiger partial charge is 0.162 e. The van der Waals surface area contributed by atoms with Crippen molar-refractivity contribution >= 4 is 27.4 Å². The fourth-order valence-electron chi connectivity index (χ4n) is 3.11. The Kier molecular flexibility index (Phi) is 3.97. The maximum atomic E-state index is 5.66. The van der Waals surface area contributed by atoms with Crippen LogP contribution in [0.4, 0.5) is 5.82 Å². The van der Waals surface area contributed by atoms with Gasteiger partial charge in [0.25, 0.3) is 0 Å². The summed E-state index contributed by atoms with van der Waals surface area (Å²) in [5.41, 5.74) is 5.58. The van der Waals surface area contributed by atoms with Crippen molar-refractivity contribution in [2.75, 3.05) is 5.48 Å². The van der Waals surface area contributed by atoms with Crippen LogP contribution in [-0.4, -0.2) is 9.97 Å². The van der Waals surface area contributed by atoms with Gasteiger partial charge in [0.05, 0.1) is 12.0 Å². The van der Waals surface area contributed by atoms with Crippen LogP contribution >= 0.6 is 11.3 Å². The lowest BCUT2D eigenvalue weighted by atomic mass is 9.89. The van der Waals surface area contributed by atoms with E-state index in [4.69, 9.17) is 4.84 Å². The fourth-order valence-corrected chi connectivity index (χ4v) is 4.46. The monoisotopic (exact) mass is 325 g/mol. The SMILES string of the molecule is C[C@H]1CCc2c(sc3ncnc(NOCc4ccccc4)c23)C1. The van der Waals surface area contributed by atoms with E-state index in [1.54, 1.807) is 17.7 Å². The molecule has 118 valence electrons. The first kappa shape index (κ1) is 14.6. The van der Waals surface area contributed by atoms with E-state index in [2.05, 4.69) is 22.4 Å². The minimum Gasteiger partial charge on any atom is -0.270 e. The Morgan fingerprint density at radius 3 is 3.00 bits per heavy atom. The molecule has 4 nitrogen and oxygen atoms in total. The van der Waals surface area contributed by atoms with Gasteiger partial charge in [0.1, 0.15) is 11.2 Å². The highest BCUT2D eigenvalue weighted by molar-refractivity contribution is 7.19. The van der Waals surface area contributed by atoms with Gasteiger partial charge < -0.3 is 0 Å². The molecular formula is C18H19N3OS. The molecule has 0 radical (unpaired) electrons. The predicted octanol–water partition coefficient (Wildman–Crippen LogP) is 4.36. The van der Waals surface area contributed by atoms with E-state index < -0.39 is 0 Å². The molecule has 0 spiro atoms. The lowest BCUT2D eigenvalue weighted by molar-refractivity contribution is 0.179. The van der Waals surface area contributed by atoms with E-state index in [1.165, 1.54) is 16.9 Å². The van der Waals surface area contributed by atoms with E-state index in [-0.39, 0.29) is 0 Å². The number of hydrogen-bond donors (Lipinski definition) is 1. The highest BCUT2D eigenvalue weighted by Gasteiger charge is 2.23. The minimum absolute atomic E-state index is 0.510. The second-order valence-corrected chi connectivity index (χ2v) is 7.21. The molecule has 0 bridgehead atoms. The van der Waals surface area contributed by atoms with Gasteiger partial charge in [-0.2, -0.15) is 0 Å². The standard InChI is InChI=1S/C18H19N3OS/c1-12-7-8-14-15(9-12)23-18-16(14)17(19-11-20-18)21-22-10-13-5-3-2-4-6-13/h2-6,11-12H,7-10H2,1H3,(H,19,20,21)/t12-/m0/s1. The molecule has 1 aliphatic rings. The quantitative estimate of drug-likeness (QED) is 0.724. The van der Waals surface area contributed by atoms with Crippen LogP contribution in [0.1, 0.15) is 29.3 Å². The van der Waals surface area contributed by atoms with Gasteiger partial charge in [0, 0.05) is 4.88 Å². The van der Waals surface area contributed by atoms with Crippen molar-refractivity contribution in [1.82, 2.24) is 9.97 Å². The molecule has 5 heteroatoms. The maximum absolute atomic E-state index is 5.66. The van der Waals surface area contributed by atoms with Crippen molar-refractivity contribution in [2.45, 2.75) is 32.8 Å². The molecular weight excluding hydrogens is 306 g/mol. The summed E-state index contributed by atoms with van der Waals surface area (Å²) in [5.74, 6) is 1.55. The number of fused-ring (bicyclic) bond motifs is 3. The van der Waals surface area contributed by atoms with Crippen LogP contribution in [0.15, 0.2) is 36.7 Å². The first-order valence-corrected chi connectivity index (χ1v) is 8.80. The van der Waals surface area contributed by atoms with Crippen molar-refractivity contribution in [1.29, 1.82) is 0 Å². The Morgan fingerprint density at radius 1 is 1.26 bits per heavy atom. The number of nitrogens with zero attached hydrogens (tertiary/aromatic N) is 2. The van der Waals surface area contributed by atoms with Crippen LogP contribution in [0.2, 0.25) is 0 Å². The molecule has 1 N–H and O–H groups in total. The summed E-state index contributed by atoms with van der Waals surface area (Å²) in [6.45, 7) is 2.83. The average Bonchev–Trinajstić information content (AvgIpc) is 2.94. The second-order valence-electron chi connectivity index (χ2n) is 6.13. The van der Waals surface area contributed by atoms with Gasteiger partial charge in [0.2, 0.25) is 0 Å². The zero-order valence-corrected chi connectivity index (χ0v) is 13.9. The Morgan fingerprint density at radius 2 is 2.13 bits per heavy atom. The van der Waals surface area contributed by atoms with Crippen LogP contribution in [0.25, 0.3) is 10.2 Å². The maximum Gasteiger partial charge on any atom is 0.162 e. The molecule has 0 fully saturated rings. The summed E-state index contributed by atoms with van der Waals surface area (Å²) >= 11 is 1.80. The molecule has 2 aromatic heterocycles. The van der Waals surface area contributed by atoms with Crippen molar-refractivity contribution in [3.63, 3.8) is 0 Å². The average molecular weight is 325 g/mol. The lowest BCUT2D eigenvalue weighted by Gasteiger charge is -2.18. The Bertz CT molecular complexity index is 816. The third-order valence-corrected chi connectivity index (χ3v) is 5.50. The minimum atomic E-state index is 0.510. The molecule has 23 heavy (non-hydrogen) atoms. The van der Waals surface area contributed by atoms with E-state index in [1.807, 2.05) is 30.3 Å². The molecule has 0 unspecified atom stereocenters. The van der Waals surface area contributed by atoms with Gasteiger partial charge in [-0.05, 0) is 36.3 Å². The highest BCUT2D eigenvalue weighted by Crippen LogP contribution is 2.39. The molecule has 0 saturated heterocycles. The van der Waals surface area contributed by atoms with Gasteiger partial charge in [-0.25, -0.2) is 15.4 Å². The Labute approximate surface area is 139 Å². The number of benzene rings is 1. The van der Waals surface area contributed by atoms with Gasteiger partial charge >= 0.3 is 0 Å². The van der Waals surface area contributed by atoms with Crippen molar-refractivity contribution < 1.29 is 4.84 Å². The van der Waals surface area contributed by atoms with E-state index >= 15 is 0 Å². The first-order chi connectivity index (χ1) is 11.3. The number of aryl methyl sites for hydroxylation is 1. The summed E-state index contributed by atoms with van der Waals surface area (Å²) in [6.07, 6.45) is 5.11. The molecule has 1 aliphatic carbocycles.